The largest absolute Gasteiger partial charge is 0.338 e. The number of carbonyl (C=O) groups excluding carboxylic acids is 1. The molecule has 0 spiro atoms. The predicted octanol–water partition coefficient (Wildman–Crippen LogP) is 1.73. The molecule has 1 aromatic carbocycles. The van der Waals surface area contributed by atoms with Crippen molar-refractivity contribution in [2.45, 2.75) is 25.8 Å². The van der Waals surface area contributed by atoms with Gasteiger partial charge in [-0.25, -0.2) is 0 Å². The molecular formula is C14H19N3O3. The molecule has 6 heteroatoms. The van der Waals surface area contributed by atoms with Gasteiger partial charge in [-0.2, -0.15) is 0 Å². The van der Waals surface area contributed by atoms with Gasteiger partial charge in [0.15, 0.2) is 0 Å². The van der Waals surface area contributed by atoms with Gasteiger partial charge in [0.2, 0.25) is 0 Å². The van der Waals surface area contributed by atoms with Gasteiger partial charge < -0.3 is 10.2 Å². The first-order chi connectivity index (χ1) is 9.54. The molecule has 1 N–H and O–H groups in total. The number of rotatable bonds is 3. The Morgan fingerprint density at radius 1 is 1.40 bits per heavy atom. The minimum absolute atomic E-state index is 0.0757. The third-order valence-electron chi connectivity index (χ3n) is 3.84. The van der Waals surface area contributed by atoms with E-state index in [0.29, 0.717) is 24.7 Å². The molecule has 108 valence electrons. The minimum atomic E-state index is -0.469. The van der Waals surface area contributed by atoms with Crippen molar-refractivity contribution in [3.8, 4) is 0 Å². The molecule has 0 atom stereocenters. The summed E-state index contributed by atoms with van der Waals surface area (Å²) in [6, 6.07) is 5.31. The van der Waals surface area contributed by atoms with Crippen molar-refractivity contribution >= 4 is 11.6 Å². The summed E-state index contributed by atoms with van der Waals surface area (Å²) in [4.78, 5) is 24.9. The number of carbonyl (C=O) groups is 1. The molecular weight excluding hydrogens is 258 g/mol. The molecule has 1 fully saturated rings. The van der Waals surface area contributed by atoms with Crippen LogP contribution in [0.5, 0.6) is 0 Å². The summed E-state index contributed by atoms with van der Waals surface area (Å²) in [6.45, 7) is 2.92. The summed E-state index contributed by atoms with van der Waals surface area (Å²) in [6.07, 6.45) is 1.75. The van der Waals surface area contributed by atoms with E-state index in [1.165, 1.54) is 6.07 Å². The number of hydrogen-bond acceptors (Lipinski definition) is 4. The van der Waals surface area contributed by atoms with E-state index >= 15 is 0 Å². The molecule has 1 saturated heterocycles. The summed E-state index contributed by atoms with van der Waals surface area (Å²) in [7, 11) is 1.91. The third kappa shape index (κ3) is 2.80. The molecule has 1 aliphatic heterocycles. The first kappa shape index (κ1) is 14.5. The van der Waals surface area contributed by atoms with Crippen LogP contribution in [0.25, 0.3) is 0 Å². The van der Waals surface area contributed by atoms with Crippen molar-refractivity contribution in [1.82, 2.24) is 10.2 Å². The highest BCUT2D eigenvalue weighted by atomic mass is 16.6. The Hall–Kier alpha value is -1.95. The van der Waals surface area contributed by atoms with Crippen LogP contribution >= 0.6 is 0 Å². The molecule has 6 nitrogen and oxygen atoms in total. The van der Waals surface area contributed by atoms with E-state index < -0.39 is 4.92 Å². The Kier molecular flexibility index (Phi) is 4.34. The summed E-state index contributed by atoms with van der Waals surface area (Å²) in [5.41, 5.74) is 0.636. The summed E-state index contributed by atoms with van der Waals surface area (Å²) >= 11 is 0. The smallest absolute Gasteiger partial charge is 0.285 e. The zero-order valence-electron chi connectivity index (χ0n) is 11.8. The van der Waals surface area contributed by atoms with Gasteiger partial charge in [0.25, 0.3) is 11.6 Å². The second-order valence-electron chi connectivity index (χ2n) is 5.08. The molecule has 0 aromatic heterocycles. The van der Waals surface area contributed by atoms with Crippen molar-refractivity contribution < 1.29 is 9.72 Å². The molecule has 0 bridgehead atoms. The maximum Gasteiger partial charge on any atom is 0.285 e. The van der Waals surface area contributed by atoms with Gasteiger partial charge in [0.05, 0.1) is 4.92 Å². The van der Waals surface area contributed by atoms with E-state index in [4.69, 9.17) is 0 Å². The fourth-order valence-electron chi connectivity index (χ4n) is 2.62. The fourth-order valence-corrected chi connectivity index (χ4v) is 2.62. The Labute approximate surface area is 117 Å². The number of nitro groups is 1. The number of aryl methyl sites for hydroxylation is 1. The average Bonchev–Trinajstić information content (AvgIpc) is 2.46. The number of amides is 1. The number of para-hydroxylation sites is 1. The average molecular weight is 277 g/mol. The maximum absolute atomic E-state index is 12.5. The van der Waals surface area contributed by atoms with Crippen molar-refractivity contribution in [1.29, 1.82) is 0 Å². The Bertz CT molecular complexity index is 522. The SMILES string of the molecule is CNC1CCN(C(=O)c2cccc(C)c2[N+](=O)[O-])CC1. The van der Waals surface area contributed by atoms with E-state index in [1.54, 1.807) is 24.0 Å². The monoisotopic (exact) mass is 277 g/mol. The molecule has 0 saturated carbocycles. The number of nitrogens with zero attached hydrogens (tertiary/aromatic N) is 2. The van der Waals surface area contributed by atoms with Crippen LogP contribution in [0.4, 0.5) is 5.69 Å². The number of piperidine rings is 1. The van der Waals surface area contributed by atoms with Gasteiger partial charge in [-0.1, -0.05) is 12.1 Å². The minimum Gasteiger partial charge on any atom is -0.338 e. The van der Waals surface area contributed by atoms with E-state index in [1.807, 2.05) is 7.05 Å². The van der Waals surface area contributed by atoms with Gasteiger partial charge in [0, 0.05) is 24.7 Å². The normalized spacial score (nSPS) is 16.2. The number of hydrogen-bond donors (Lipinski definition) is 1. The van der Waals surface area contributed by atoms with Crippen molar-refractivity contribution in [3.05, 3.63) is 39.4 Å². The van der Waals surface area contributed by atoms with E-state index in [2.05, 4.69) is 5.32 Å². The van der Waals surface area contributed by atoms with Gasteiger partial charge in [-0.3, -0.25) is 14.9 Å². The molecule has 0 radical (unpaired) electrons. The Morgan fingerprint density at radius 3 is 2.60 bits per heavy atom. The standard InChI is InChI=1S/C14H19N3O3/c1-10-4-3-5-12(13(10)17(19)20)14(18)16-8-6-11(15-2)7-9-16/h3-5,11,15H,6-9H2,1-2H3. The van der Waals surface area contributed by atoms with E-state index in [9.17, 15) is 14.9 Å². The maximum atomic E-state index is 12.5. The quantitative estimate of drug-likeness (QED) is 0.674. The van der Waals surface area contributed by atoms with Crippen LogP contribution in [0.1, 0.15) is 28.8 Å². The molecule has 1 aliphatic rings. The summed E-state index contributed by atoms with van der Waals surface area (Å²) < 4.78 is 0. The molecule has 0 unspecified atom stereocenters. The summed E-state index contributed by atoms with van der Waals surface area (Å²) in [5, 5.41) is 14.3. The fraction of sp³-hybridized carbons (Fsp3) is 0.500. The van der Waals surface area contributed by atoms with Crippen LogP contribution in [0, 0.1) is 17.0 Å². The van der Waals surface area contributed by atoms with Crippen molar-refractivity contribution in [2.75, 3.05) is 20.1 Å². The van der Waals surface area contributed by atoms with Crippen LogP contribution in [0.2, 0.25) is 0 Å². The van der Waals surface area contributed by atoms with Gasteiger partial charge >= 0.3 is 0 Å². The second-order valence-corrected chi connectivity index (χ2v) is 5.08. The lowest BCUT2D eigenvalue weighted by Gasteiger charge is -2.31. The third-order valence-corrected chi connectivity index (χ3v) is 3.84. The van der Waals surface area contributed by atoms with Crippen molar-refractivity contribution in [2.24, 2.45) is 0 Å². The zero-order chi connectivity index (χ0) is 14.7. The van der Waals surface area contributed by atoms with Crippen LogP contribution in [-0.2, 0) is 0 Å². The van der Waals surface area contributed by atoms with Crippen LogP contribution in [0.3, 0.4) is 0 Å². The highest BCUT2D eigenvalue weighted by molar-refractivity contribution is 5.98. The highest BCUT2D eigenvalue weighted by Crippen LogP contribution is 2.25. The predicted molar refractivity (Wildman–Crippen MR) is 75.8 cm³/mol. The van der Waals surface area contributed by atoms with Gasteiger partial charge in [-0.05, 0) is 32.9 Å². The number of nitrogens with one attached hydrogen (secondary N) is 1. The number of likely N-dealkylation sites (tertiary alicyclic amines) is 1. The lowest BCUT2D eigenvalue weighted by molar-refractivity contribution is -0.385. The van der Waals surface area contributed by atoms with Gasteiger partial charge in [-0.15, -0.1) is 0 Å². The highest BCUT2D eigenvalue weighted by Gasteiger charge is 2.28. The van der Waals surface area contributed by atoms with Crippen LogP contribution in [-0.4, -0.2) is 41.9 Å². The zero-order valence-corrected chi connectivity index (χ0v) is 11.8. The van der Waals surface area contributed by atoms with Crippen LogP contribution in [0.15, 0.2) is 18.2 Å². The number of benzene rings is 1. The molecule has 0 aliphatic carbocycles. The van der Waals surface area contributed by atoms with Crippen molar-refractivity contribution in [3.63, 3.8) is 0 Å². The van der Waals surface area contributed by atoms with E-state index in [-0.39, 0.29) is 17.2 Å². The Balaban J connectivity index is 2.22. The lowest BCUT2D eigenvalue weighted by Crippen LogP contribution is -2.44. The molecule has 20 heavy (non-hydrogen) atoms. The first-order valence-corrected chi connectivity index (χ1v) is 6.75. The Morgan fingerprint density at radius 2 is 2.05 bits per heavy atom. The molecule has 2 rings (SSSR count). The molecule has 1 aromatic rings. The van der Waals surface area contributed by atoms with Crippen LogP contribution < -0.4 is 5.32 Å². The number of nitro benzene ring substituents is 1. The van der Waals surface area contributed by atoms with Gasteiger partial charge in [0.1, 0.15) is 5.56 Å². The molecule has 1 heterocycles. The molecule has 1 amide bonds. The second kappa shape index (κ2) is 6.00. The topological polar surface area (TPSA) is 75.5 Å². The first-order valence-electron chi connectivity index (χ1n) is 6.75. The summed E-state index contributed by atoms with van der Waals surface area (Å²) in [5.74, 6) is -0.241. The lowest BCUT2D eigenvalue weighted by atomic mass is 10.0. The van der Waals surface area contributed by atoms with E-state index in [0.717, 1.165) is 12.8 Å².